The molecule has 120 valence electrons. The lowest BCUT2D eigenvalue weighted by Gasteiger charge is -2.13. The maximum atomic E-state index is 12.2. The summed E-state index contributed by atoms with van der Waals surface area (Å²) in [5, 5.41) is 3.86. The van der Waals surface area contributed by atoms with Crippen LogP contribution in [0.1, 0.15) is 43.3 Å². The van der Waals surface area contributed by atoms with Crippen molar-refractivity contribution in [3.05, 3.63) is 38.6 Å². The minimum atomic E-state index is -0.799. The Labute approximate surface area is 141 Å². The van der Waals surface area contributed by atoms with Gasteiger partial charge in [0.1, 0.15) is 5.75 Å². The zero-order valence-corrected chi connectivity index (χ0v) is 14.5. The Morgan fingerprint density at radius 1 is 1.32 bits per heavy atom. The Balaban J connectivity index is 2.78. The summed E-state index contributed by atoms with van der Waals surface area (Å²) >= 11 is 12.2. The van der Waals surface area contributed by atoms with Crippen LogP contribution in [0.25, 0.3) is 5.69 Å². The number of hydrogen-bond acceptors (Lipinski definition) is 4. The van der Waals surface area contributed by atoms with Crippen LogP contribution in [0.15, 0.2) is 21.3 Å². The highest BCUT2D eigenvalue weighted by Crippen LogP contribution is 2.33. The standard InChI is InChI=1S/C15H18Cl2N2O3/c1-8(2)21-12-7-11(9(16)6-10(12)17)19-14(20)22-13(18-19)15(3,4)5/h6-8H,1-5H3/i6D,7D. The summed E-state index contributed by atoms with van der Waals surface area (Å²) in [4.78, 5) is 12.2. The molecule has 0 bridgehead atoms. The molecule has 22 heavy (non-hydrogen) atoms. The minimum absolute atomic E-state index is 0.0247. The molecule has 0 amide bonds. The fraction of sp³-hybridized carbons (Fsp3) is 0.467. The largest absolute Gasteiger partial charge is 0.489 e. The van der Waals surface area contributed by atoms with E-state index < -0.39 is 11.2 Å². The van der Waals surface area contributed by atoms with E-state index in [1.54, 1.807) is 13.8 Å². The monoisotopic (exact) mass is 346 g/mol. The summed E-state index contributed by atoms with van der Waals surface area (Å²) < 4.78 is 27.9. The fourth-order valence-corrected chi connectivity index (χ4v) is 2.07. The summed E-state index contributed by atoms with van der Waals surface area (Å²) in [7, 11) is 0. The van der Waals surface area contributed by atoms with Crippen LogP contribution < -0.4 is 10.5 Å². The van der Waals surface area contributed by atoms with E-state index in [9.17, 15) is 4.79 Å². The highest BCUT2D eigenvalue weighted by molar-refractivity contribution is 6.36. The number of rotatable bonds is 3. The summed E-state index contributed by atoms with van der Waals surface area (Å²) in [5.41, 5.74) is -0.599. The molecule has 1 aromatic carbocycles. The van der Waals surface area contributed by atoms with Gasteiger partial charge < -0.3 is 9.15 Å². The van der Waals surface area contributed by atoms with Crippen molar-refractivity contribution >= 4 is 23.2 Å². The molecule has 0 fully saturated rings. The van der Waals surface area contributed by atoms with Gasteiger partial charge in [-0.3, -0.25) is 0 Å². The zero-order chi connectivity index (χ0) is 18.4. The van der Waals surface area contributed by atoms with Gasteiger partial charge in [0.15, 0.2) is 0 Å². The van der Waals surface area contributed by atoms with Crippen molar-refractivity contribution in [1.82, 2.24) is 9.78 Å². The molecular weight excluding hydrogens is 327 g/mol. The highest BCUT2D eigenvalue weighted by Gasteiger charge is 2.24. The Bertz CT molecular complexity index is 839. The lowest BCUT2D eigenvalue weighted by atomic mass is 9.97. The van der Waals surface area contributed by atoms with Crippen molar-refractivity contribution in [2.45, 2.75) is 46.1 Å². The van der Waals surface area contributed by atoms with Crippen molar-refractivity contribution in [1.29, 1.82) is 0 Å². The van der Waals surface area contributed by atoms with Crippen molar-refractivity contribution in [3.8, 4) is 11.4 Å². The van der Waals surface area contributed by atoms with Crippen LogP contribution in [0.2, 0.25) is 10.0 Å². The number of ether oxygens (including phenoxy) is 1. The van der Waals surface area contributed by atoms with Crippen molar-refractivity contribution in [2.75, 3.05) is 0 Å². The predicted octanol–water partition coefficient (Wildman–Crippen LogP) is 4.22. The lowest BCUT2D eigenvalue weighted by Crippen LogP contribution is -2.15. The molecule has 0 aliphatic carbocycles. The number of aromatic nitrogens is 2. The Hall–Kier alpha value is -1.46. The van der Waals surface area contributed by atoms with Gasteiger partial charge in [-0.1, -0.05) is 44.0 Å². The molecule has 0 radical (unpaired) electrons. The SMILES string of the molecule is [2H]c1c(Cl)c(OC(C)C)c([2H])c(-n2nc(C(C)(C)C)oc2=O)c1Cl. The van der Waals surface area contributed by atoms with Gasteiger partial charge in [0.25, 0.3) is 0 Å². The second kappa shape index (κ2) is 5.97. The van der Waals surface area contributed by atoms with Crippen LogP contribution >= 0.6 is 23.2 Å². The van der Waals surface area contributed by atoms with E-state index in [0.717, 1.165) is 4.68 Å². The van der Waals surface area contributed by atoms with E-state index >= 15 is 0 Å². The van der Waals surface area contributed by atoms with E-state index in [1.165, 1.54) is 0 Å². The average molecular weight is 347 g/mol. The van der Waals surface area contributed by atoms with Gasteiger partial charge in [0, 0.05) is 11.5 Å². The van der Waals surface area contributed by atoms with Gasteiger partial charge in [-0.25, -0.2) is 4.79 Å². The summed E-state index contributed by atoms with van der Waals surface area (Å²) in [6.45, 7) is 9.01. The first-order valence-corrected chi connectivity index (χ1v) is 7.46. The van der Waals surface area contributed by atoms with Crippen LogP contribution in [0, 0.1) is 0 Å². The van der Waals surface area contributed by atoms with Crippen LogP contribution in [-0.4, -0.2) is 15.9 Å². The van der Waals surface area contributed by atoms with Gasteiger partial charge in [0.05, 0.1) is 24.6 Å². The first kappa shape index (κ1) is 14.2. The third-order valence-corrected chi connectivity index (χ3v) is 3.15. The first-order chi connectivity index (χ1) is 10.9. The van der Waals surface area contributed by atoms with Crippen molar-refractivity contribution in [3.63, 3.8) is 0 Å². The van der Waals surface area contributed by atoms with Crippen LogP contribution in [0.3, 0.4) is 0 Å². The van der Waals surface area contributed by atoms with Gasteiger partial charge in [-0.05, 0) is 19.9 Å². The molecule has 0 N–H and O–H groups in total. The van der Waals surface area contributed by atoms with E-state index in [4.69, 9.17) is 35.1 Å². The molecule has 1 aromatic heterocycles. The van der Waals surface area contributed by atoms with Crippen LogP contribution in [0.5, 0.6) is 5.75 Å². The van der Waals surface area contributed by atoms with Crippen molar-refractivity contribution in [2.24, 2.45) is 0 Å². The molecule has 0 saturated carbocycles. The van der Waals surface area contributed by atoms with Gasteiger partial charge >= 0.3 is 5.76 Å². The minimum Gasteiger partial charge on any atom is -0.489 e. The molecular formula is C15H18Cl2N2O3. The van der Waals surface area contributed by atoms with E-state index in [0.29, 0.717) is 0 Å². The number of benzene rings is 1. The Morgan fingerprint density at radius 2 is 1.95 bits per heavy atom. The van der Waals surface area contributed by atoms with E-state index in [2.05, 4.69) is 5.10 Å². The Morgan fingerprint density at radius 3 is 2.45 bits per heavy atom. The molecule has 0 aliphatic heterocycles. The first-order valence-electron chi connectivity index (χ1n) is 7.71. The van der Waals surface area contributed by atoms with Gasteiger partial charge in [-0.2, -0.15) is 4.68 Å². The molecule has 0 atom stereocenters. The predicted molar refractivity (Wildman–Crippen MR) is 86.6 cm³/mol. The third kappa shape index (κ3) is 3.47. The van der Waals surface area contributed by atoms with Gasteiger partial charge in [0.2, 0.25) is 5.89 Å². The molecule has 0 aliphatic rings. The maximum absolute atomic E-state index is 12.2. The van der Waals surface area contributed by atoms with E-state index in [-0.39, 0.29) is 45.6 Å². The third-order valence-electron chi connectivity index (χ3n) is 2.61. The summed E-state index contributed by atoms with van der Waals surface area (Å²) in [5.74, 6) is -0.633. The molecule has 0 unspecified atom stereocenters. The Kier molecular flexibility index (Phi) is 3.84. The molecule has 7 heteroatoms. The van der Waals surface area contributed by atoms with E-state index in [1.807, 2.05) is 20.8 Å². The molecule has 0 spiro atoms. The fourth-order valence-electron chi connectivity index (χ4n) is 1.61. The maximum Gasteiger partial charge on any atom is 0.442 e. The summed E-state index contributed by atoms with van der Waals surface area (Å²) in [6, 6.07) is -0.474. The van der Waals surface area contributed by atoms with Crippen LogP contribution in [-0.2, 0) is 5.41 Å². The number of hydrogen-bond donors (Lipinski definition) is 0. The smallest absolute Gasteiger partial charge is 0.442 e. The highest BCUT2D eigenvalue weighted by atomic mass is 35.5. The average Bonchev–Trinajstić information content (AvgIpc) is 2.84. The topological polar surface area (TPSA) is 57.3 Å². The summed E-state index contributed by atoms with van der Waals surface area (Å²) in [6.07, 6.45) is -0.279. The second-order valence-corrected chi connectivity index (χ2v) is 6.81. The normalized spacial score (nSPS) is 13.3. The molecule has 2 aromatic rings. The lowest BCUT2D eigenvalue weighted by molar-refractivity contribution is 0.242. The van der Waals surface area contributed by atoms with Crippen molar-refractivity contribution < 1.29 is 11.9 Å². The molecule has 0 saturated heterocycles. The molecule has 5 nitrogen and oxygen atoms in total. The molecule has 1 heterocycles. The molecule has 2 rings (SSSR count). The second-order valence-electron chi connectivity index (χ2n) is 6.06. The van der Waals surface area contributed by atoms with Gasteiger partial charge in [-0.15, -0.1) is 5.10 Å². The van der Waals surface area contributed by atoms with Crippen LogP contribution in [0.4, 0.5) is 0 Å². The quantitative estimate of drug-likeness (QED) is 0.834. The number of halogens is 2. The number of nitrogens with zero attached hydrogens (tertiary/aromatic N) is 2. The zero-order valence-electron chi connectivity index (χ0n) is 15.0.